The molecule has 2 unspecified atom stereocenters. The maximum Gasteiger partial charge on any atom is 0.341 e. The molecule has 35 heavy (non-hydrogen) atoms. The highest BCUT2D eigenvalue weighted by Crippen LogP contribution is 2.45. The SMILES string of the molecule is CC(C)(C)OC(=O)c1cc(C2CC2)c(CN2C3CC[C@H]2CC(Oc2cc(Cl)cc(Cl)c2)C3)cc1F. The van der Waals surface area contributed by atoms with Gasteiger partial charge in [0.2, 0.25) is 0 Å². The number of carbonyl (C=O) groups is 1. The zero-order chi connectivity index (χ0) is 24.9. The molecule has 0 radical (unpaired) electrons. The van der Waals surface area contributed by atoms with Crippen molar-refractivity contribution in [3.05, 3.63) is 62.9 Å². The number of halogens is 3. The molecule has 2 aliphatic heterocycles. The van der Waals surface area contributed by atoms with Gasteiger partial charge in [-0.1, -0.05) is 23.2 Å². The molecule has 3 atom stereocenters. The largest absolute Gasteiger partial charge is 0.490 e. The molecule has 2 heterocycles. The van der Waals surface area contributed by atoms with Crippen LogP contribution < -0.4 is 4.74 Å². The van der Waals surface area contributed by atoms with Crippen molar-refractivity contribution in [2.24, 2.45) is 0 Å². The predicted octanol–water partition coefficient (Wildman–Crippen LogP) is 7.54. The Morgan fingerprint density at radius 3 is 2.20 bits per heavy atom. The topological polar surface area (TPSA) is 38.8 Å². The molecule has 188 valence electrons. The first kappa shape index (κ1) is 24.9. The van der Waals surface area contributed by atoms with Crippen LogP contribution in [0.5, 0.6) is 5.75 Å². The second kappa shape index (κ2) is 9.57. The van der Waals surface area contributed by atoms with E-state index in [9.17, 15) is 4.79 Å². The van der Waals surface area contributed by atoms with Gasteiger partial charge in [-0.25, -0.2) is 9.18 Å². The minimum atomic E-state index is -0.663. The van der Waals surface area contributed by atoms with E-state index in [1.807, 2.05) is 0 Å². The van der Waals surface area contributed by atoms with Crippen LogP contribution in [0.15, 0.2) is 30.3 Å². The molecular formula is C28H32Cl2FNO3. The van der Waals surface area contributed by atoms with Gasteiger partial charge in [0.1, 0.15) is 23.3 Å². The van der Waals surface area contributed by atoms with E-state index in [0.29, 0.717) is 40.3 Å². The lowest BCUT2D eigenvalue weighted by Crippen LogP contribution is -2.45. The summed E-state index contributed by atoms with van der Waals surface area (Å²) in [5.74, 6) is 0.0127. The van der Waals surface area contributed by atoms with Gasteiger partial charge in [0.05, 0.1) is 5.56 Å². The molecule has 2 aromatic rings. The number of nitrogens with zero attached hydrogens (tertiary/aromatic N) is 1. The molecule has 3 aliphatic rings. The Kier molecular flexibility index (Phi) is 6.80. The molecule has 0 amide bonds. The van der Waals surface area contributed by atoms with Crippen LogP contribution in [0, 0.1) is 5.82 Å². The summed E-state index contributed by atoms with van der Waals surface area (Å²) in [7, 11) is 0. The van der Waals surface area contributed by atoms with E-state index in [1.54, 1.807) is 51.1 Å². The van der Waals surface area contributed by atoms with E-state index in [1.165, 1.54) is 0 Å². The van der Waals surface area contributed by atoms with Gasteiger partial charge in [-0.15, -0.1) is 0 Å². The maximum atomic E-state index is 15.1. The Morgan fingerprint density at radius 2 is 1.63 bits per heavy atom. The van der Waals surface area contributed by atoms with Crippen LogP contribution in [0.25, 0.3) is 0 Å². The maximum absolute atomic E-state index is 15.1. The van der Waals surface area contributed by atoms with E-state index < -0.39 is 17.4 Å². The fraction of sp³-hybridized carbons (Fsp3) is 0.536. The monoisotopic (exact) mass is 519 g/mol. The Labute approximate surface area is 216 Å². The van der Waals surface area contributed by atoms with Crippen LogP contribution in [0.2, 0.25) is 10.0 Å². The van der Waals surface area contributed by atoms with Crippen LogP contribution in [0.3, 0.4) is 0 Å². The summed E-state index contributed by atoms with van der Waals surface area (Å²) in [4.78, 5) is 15.1. The van der Waals surface area contributed by atoms with Crippen LogP contribution >= 0.6 is 23.2 Å². The summed E-state index contributed by atoms with van der Waals surface area (Å²) in [6.45, 7) is 6.08. The highest BCUT2D eigenvalue weighted by Gasteiger charge is 2.42. The third-order valence-corrected chi connectivity index (χ3v) is 7.63. The Hall–Kier alpha value is -1.82. The van der Waals surface area contributed by atoms with Crippen molar-refractivity contribution in [3.63, 3.8) is 0 Å². The number of piperidine rings is 1. The van der Waals surface area contributed by atoms with E-state index in [0.717, 1.165) is 49.7 Å². The van der Waals surface area contributed by atoms with Crippen molar-refractivity contribution in [1.29, 1.82) is 0 Å². The lowest BCUT2D eigenvalue weighted by atomic mass is 9.95. The molecule has 3 fully saturated rings. The number of esters is 1. The van der Waals surface area contributed by atoms with Crippen LogP contribution in [-0.2, 0) is 11.3 Å². The van der Waals surface area contributed by atoms with Crippen molar-refractivity contribution < 1.29 is 18.7 Å². The summed E-state index contributed by atoms with van der Waals surface area (Å²) in [6, 6.07) is 9.40. The number of hydrogen-bond donors (Lipinski definition) is 0. The molecule has 5 rings (SSSR count). The van der Waals surface area contributed by atoms with Gasteiger partial charge in [0, 0.05) is 28.7 Å². The van der Waals surface area contributed by atoms with Crippen molar-refractivity contribution >= 4 is 29.2 Å². The van der Waals surface area contributed by atoms with Crippen LogP contribution in [-0.4, -0.2) is 34.7 Å². The summed E-state index contributed by atoms with van der Waals surface area (Å²) in [5.41, 5.74) is 1.47. The molecule has 2 saturated heterocycles. The zero-order valence-corrected chi connectivity index (χ0v) is 22.0. The number of ether oxygens (including phenoxy) is 2. The normalized spacial score (nSPS) is 24.5. The van der Waals surface area contributed by atoms with Crippen LogP contribution in [0.1, 0.15) is 86.7 Å². The molecule has 1 aliphatic carbocycles. The van der Waals surface area contributed by atoms with Gasteiger partial charge >= 0.3 is 5.97 Å². The van der Waals surface area contributed by atoms with E-state index in [2.05, 4.69) is 4.90 Å². The minimum absolute atomic E-state index is 0.0424. The quantitative estimate of drug-likeness (QED) is 0.369. The third kappa shape index (κ3) is 5.79. The number of hydrogen-bond acceptors (Lipinski definition) is 4. The fourth-order valence-electron chi connectivity index (χ4n) is 5.60. The standard InChI is InChI=1S/C28H32Cl2FNO3/c1-28(2,3)35-27(33)25-14-24(16-4-5-16)17(8-26(25)31)15-32-20-6-7-21(32)13-23(12-20)34-22-10-18(29)9-19(30)11-22/h8-11,14,16,20-21,23H,4-7,12-13,15H2,1-3H3/t20-,21?,23?/m0/s1. The summed E-state index contributed by atoms with van der Waals surface area (Å²) < 4.78 is 26.8. The smallest absolute Gasteiger partial charge is 0.341 e. The molecule has 2 bridgehead atoms. The van der Waals surface area contributed by atoms with Gasteiger partial charge in [-0.2, -0.15) is 0 Å². The second-order valence-corrected chi connectivity index (χ2v) is 12.1. The summed E-state index contributed by atoms with van der Waals surface area (Å²) in [6.07, 6.45) is 6.31. The highest BCUT2D eigenvalue weighted by molar-refractivity contribution is 6.34. The third-order valence-electron chi connectivity index (χ3n) is 7.20. The molecule has 7 heteroatoms. The molecule has 2 aromatic carbocycles. The lowest BCUT2D eigenvalue weighted by molar-refractivity contribution is 0.00642. The Balaban J connectivity index is 1.31. The first-order valence-corrected chi connectivity index (χ1v) is 13.3. The molecule has 4 nitrogen and oxygen atoms in total. The average Bonchev–Trinajstić information content (AvgIpc) is 3.53. The Morgan fingerprint density at radius 1 is 1.00 bits per heavy atom. The number of carbonyl (C=O) groups excluding carboxylic acids is 1. The van der Waals surface area contributed by atoms with Gasteiger partial charge < -0.3 is 9.47 Å². The molecular weight excluding hydrogens is 488 g/mol. The van der Waals surface area contributed by atoms with E-state index in [-0.39, 0.29) is 11.7 Å². The molecule has 0 aromatic heterocycles. The van der Waals surface area contributed by atoms with Gasteiger partial charge in [-0.3, -0.25) is 4.90 Å². The van der Waals surface area contributed by atoms with Crippen molar-refractivity contribution in [1.82, 2.24) is 4.90 Å². The van der Waals surface area contributed by atoms with Crippen LogP contribution in [0.4, 0.5) is 4.39 Å². The molecule has 1 saturated carbocycles. The van der Waals surface area contributed by atoms with Gasteiger partial charge in [0.25, 0.3) is 0 Å². The summed E-state index contributed by atoms with van der Waals surface area (Å²) >= 11 is 12.3. The first-order chi connectivity index (χ1) is 16.6. The second-order valence-electron chi connectivity index (χ2n) is 11.2. The van der Waals surface area contributed by atoms with Gasteiger partial charge in [0.15, 0.2) is 0 Å². The van der Waals surface area contributed by atoms with Crippen molar-refractivity contribution in [2.45, 2.75) is 95.5 Å². The summed E-state index contributed by atoms with van der Waals surface area (Å²) in [5, 5.41) is 1.13. The predicted molar refractivity (Wildman–Crippen MR) is 136 cm³/mol. The Bertz CT molecular complexity index is 1090. The molecule has 0 spiro atoms. The van der Waals surface area contributed by atoms with E-state index in [4.69, 9.17) is 32.7 Å². The molecule has 0 N–H and O–H groups in total. The fourth-order valence-corrected chi connectivity index (χ4v) is 6.10. The lowest BCUT2D eigenvalue weighted by Gasteiger charge is -2.39. The number of benzene rings is 2. The van der Waals surface area contributed by atoms with Crippen molar-refractivity contribution in [2.75, 3.05) is 0 Å². The first-order valence-electron chi connectivity index (χ1n) is 12.5. The minimum Gasteiger partial charge on any atom is -0.490 e. The highest BCUT2D eigenvalue weighted by atomic mass is 35.5. The number of rotatable bonds is 6. The number of fused-ring (bicyclic) bond motifs is 2. The van der Waals surface area contributed by atoms with E-state index >= 15 is 4.39 Å². The van der Waals surface area contributed by atoms with Gasteiger partial charge in [-0.05, 0) is 107 Å². The average molecular weight is 520 g/mol. The van der Waals surface area contributed by atoms with Crippen molar-refractivity contribution in [3.8, 4) is 5.75 Å². The zero-order valence-electron chi connectivity index (χ0n) is 20.5.